The Labute approximate surface area is 115 Å². The van der Waals surface area contributed by atoms with Crippen molar-refractivity contribution in [3.05, 3.63) is 47.4 Å². The number of carbonyl (C=O) groups excluding carboxylic acids is 1. The van der Waals surface area contributed by atoms with Crippen LogP contribution in [0.2, 0.25) is 5.22 Å². The zero-order valence-corrected chi connectivity index (χ0v) is 11.3. The van der Waals surface area contributed by atoms with Crippen molar-refractivity contribution in [1.82, 2.24) is 0 Å². The number of para-hydroxylation sites is 1. The Morgan fingerprint density at radius 3 is 2.83 bits per heavy atom. The maximum atomic E-state index is 12.0. The van der Waals surface area contributed by atoms with Gasteiger partial charge in [-0.05, 0) is 35.6 Å². The minimum atomic E-state index is -0.266. The molecule has 18 heavy (non-hydrogen) atoms. The van der Waals surface area contributed by atoms with Crippen molar-refractivity contribution < 1.29 is 9.21 Å². The molecule has 0 atom stereocenters. The highest BCUT2D eigenvalue weighted by atomic mass is 35.5. The minimum absolute atomic E-state index is 0.105. The van der Waals surface area contributed by atoms with Crippen LogP contribution in [-0.4, -0.2) is 11.7 Å². The van der Waals surface area contributed by atoms with E-state index in [1.807, 2.05) is 24.3 Å². The van der Waals surface area contributed by atoms with E-state index in [0.29, 0.717) is 5.56 Å². The molecule has 1 aromatic carbocycles. The summed E-state index contributed by atoms with van der Waals surface area (Å²) in [6.45, 7) is 2.07. The molecule has 3 nitrogen and oxygen atoms in total. The van der Waals surface area contributed by atoms with Gasteiger partial charge < -0.3 is 9.73 Å². The summed E-state index contributed by atoms with van der Waals surface area (Å²) in [6.07, 6.45) is 1.39. The lowest BCUT2D eigenvalue weighted by atomic mass is 10.3. The number of halogens is 1. The van der Waals surface area contributed by atoms with E-state index in [9.17, 15) is 4.79 Å². The molecule has 0 aliphatic carbocycles. The SMILES string of the molecule is CCSc1ccccc1NC(=O)c1ccoc1Cl. The number of amides is 1. The van der Waals surface area contributed by atoms with Crippen molar-refractivity contribution in [1.29, 1.82) is 0 Å². The van der Waals surface area contributed by atoms with Crippen molar-refractivity contribution in [3.63, 3.8) is 0 Å². The lowest BCUT2D eigenvalue weighted by molar-refractivity contribution is 0.102. The van der Waals surface area contributed by atoms with Crippen molar-refractivity contribution in [2.24, 2.45) is 0 Å². The van der Waals surface area contributed by atoms with Crippen LogP contribution in [0.4, 0.5) is 5.69 Å². The van der Waals surface area contributed by atoms with Gasteiger partial charge in [-0.1, -0.05) is 19.1 Å². The molecule has 0 unspecified atom stereocenters. The van der Waals surface area contributed by atoms with Gasteiger partial charge in [0.05, 0.1) is 17.5 Å². The van der Waals surface area contributed by atoms with Crippen LogP contribution in [0.3, 0.4) is 0 Å². The number of anilines is 1. The maximum Gasteiger partial charge on any atom is 0.260 e. The second-order valence-corrected chi connectivity index (χ2v) is 5.14. The number of rotatable bonds is 4. The molecule has 0 bridgehead atoms. The first-order chi connectivity index (χ1) is 8.72. The number of carbonyl (C=O) groups is 1. The van der Waals surface area contributed by atoms with Crippen LogP contribution in [0.25, 0.3) is 0 Å². The fraction of sp³-hybridized carbons (Fsp3) is 0.154. The van der Waals surface area contributed by atoms with Crippen LogP contribution >= 0.6 is 23.4 Å². The molecule has 0 saturated heterocycles. The predicted molar refractivity (Wildman–Crippen MR) is 74.5 cm³/mol. The third-order valence-electron chi connectivity index (χ3n) is 2.30. The molecule has 1 aromatic heterocycles. The number of furan rings is 1. The van der Waals surface area contributed by atoms with Gasteiger partial charge in [0.2, 0.25) is 5.22 Å². The Morgan fingerprint density at radius 1 is 1.39 bits per heavy atom. The summed E-state index contributed by atoms with van der Waals surface area (Å²) in [5.41, 5.74) is 1.12. The van der Waals surface area contributed by atoms with Crippen molar-refractivity contribution >= 4 is 35.0 Å². The van der Waals surface area contributed by atoms with Gasteiger partial charge in [0.15, 0.2) is 0 Å². The van der Waals surface area contributed by atoms with E-state index in [-0.39, 0.29) is 11.1 Å². The van der Waals surface area contributed by atoms with Crippen molar-refractivity contribution in [2.75, 3.05) is 11.1 Å². The summed E-state index contributed by atoms with van der Waals surface area (Å²) < 4.78 is 4.90. The van der Waals surface area contributed by atoms with E-state index in [1.54, 1.807) is 17.8 Å². The Balaban J connectivity index is 2.19. The normalized spacial score (nSPS) is 10.3. The second-order valence-electron chi connectivity index (χ2n) is 3.49. The first-order valence-corrected chi connectivity index (χ1v) is 6.85. The molecule has 0 saturated carbocycles. The standard InChI is InChI=1S/C13H12ClNO2S/c1-2-18-11-6-4-3-5-10(11)15-13(16)9-7-8-17-12(9)14/h3-8H,2H2,1H3,(H,15,16). The molecule has 1 amide bonds. The Bertz CT molecular complexity index is 553. The zero-order valence-electron chi connectivity index (χ0n) is 9.77. The molecular weight excluding hydrogens is 270 g/mol. The van der Waals surface area contributed by atoms with Gasteiger partial charge in [-0.15, -0.1) is 11.8 Å². The number of nitrogens with one attached hydrogen (secondary N) is 1. The summed E-state index contributed by atoms with van der Waals surface area (Å²) >= 11 is 7.44. The van der Waals surface area contributed by atoms with E-state index in [4.69, 9.17) is 16.0 Å². The molecule has 1 N–H and O–H groups in total. The van der Waals surface area contributed by atoms with Crippen molar-refractivity contribution in [3.8, 4) is 0 Å². The third-order valence-corrected chi connectivity index (χ3v) is 3.55. The van der Waals surface area contributed by atoms with Crippen molar-refractivity contribution in [2.45, 2.75) is 11.8 Å². The van der Waals surface area contributed by atoms with Crippen LogP contribution in [-0.2, 0) is 0 Å². The van der Waals surface area contributed by atoms with Gasteiger partial charge in [0.25, 0.3) is 5.91 Å². The molecule has 0 aliphatic heterocycles. The van der Waals surface area contributed by atoms with Gasteiger partial charge in [-0.2, -0.15) is 0 Å². The fourth-order valence-electron chi connectivity index (χ4n) is 1.50. The van der Waals surface area contributed by atoms with Crippen LogP contribution in [0.1, 0.15) is 17.3 Å². The monoisotopic (exact) mass is 281 g/mol. The maximum absolute atomic E-state index is 12.0. The molecular formula is C13H12ClNO2S. The van der Waals surface area contributed by atoms with E-state index >= 15 is 0 Å². The lowest BCUT2D eigenvalue weighted by Gasteiger charge is -2.09. The second kappa shape index (κ2) is 5.98. The molecule has 2 rings (SSSR count). The van der Waals surface area contributed by atoms with E-state index < -0.39 is 0 Å². The molecule has 0 spiro atoms. The highest BCUT2D eigenvalue weighted by molar-refractivity contribution is 7.99. The number of hydrogen-bond acceptors (Lipinski definition) is 3. The topological polar surface area (TPSA) is 42.2 Å². The zero-order chi connectivity index (χ0) is 13.0. The van der Waals surface area contributed by atoms with Gasteiger partial charge >= 0.3 is 0 Å². The number of hydrogen-bond donors (Lipinski definition) is 1. The van der Waals surface area contributed by atoms with E-state index in [2.05, 4.69) is 12.2 Å². The quantitative estimate of drug-likeness (QED) is 0.850. The minimum Gasteiger partial charge on any atom is -0.452 e. The summed E-state index contributed by atoms with van der Waals surface area (Å²) in [4.78, 5) is 13.0. The van der Waals surface area contributed by atoms with Gasteiger partial charge in [0.1, 0.15) is 0 Å². The predicted octanol–water partition coefficient (Wildman–Crippen LogP) is 4.30. The molecule has 94 valence electrons. The van der Waals surface area contributed by atoms with E-state index in [1.165, 1.54) is 6.26 Å². The van der Waals surface area contributed by atoms with Crippen LogP contribution < -0.4 is 5.32 Å². The average Bonchev–Trinajstić information content (AvgIpc) is 2.78. The highest BCUT2D eigenvalue weighted by Crippen LogP contribution is 2.27. The molecule has 0 aliphatic rings. The number of thioether (sulfide) groups is 1. The van der Waals surface area contributed by atoms with Crippen LogP contribution in [0, 0.1) is 0 Å². The van der Waals surface area contributed by atoms with Gasteiger partial charge in [-0.3, -0.25) is 4.79 Å². The van der Waals surface area contributed by atoms with Gasteiger partial charge in [0, 0.05) is 4.90 Å². The highest BCUT2D eigenvalue weighted by Gasteiger charge is 2.14. The Morgan fingerprint density at radius 2 is 2.17 bits per heavy atom. The summed E-state index contributed by atoms with van der Waals surface area (Å²) in [6, 6.07) is 9.21. The largest absolute Gasteiger partial charge is 0.452 e. The summed E-state index contributed by atoms with van der Waals surface area (Å²) in [5.74, 6) is 0.678. The summed E-state index contributed by atoms with van der Waals surface area (Å²) in [5, 5.41) is 2.94. The smallest absolute Gasteiger partial charge is 0.260 e. The lowest BCUT2D eigenvalue weighted by Crippen LogP contribution is -2.12. The average molecular weight is 282 g/mol. The molecule has 5 heteroatoms. The molecule has 0 fully saturated rings. The van der Waals surface area contributed by atoms with E-state index in [0.717, 1.165) is 16.3 Å². The molecule has 0 radical (unpaired) electrons. The number of benzene rings is 1. The third kappa shape index (κ3) is 2.89. The first-order valence-electron chi connectivity index (χ1n) is 5.48. The van der Waals surface area contributed by atoms with Crippen LogP contribution in [0.5, 0.6) is 0 Å². The van der Waals surface area contributed by atoms with Gasteiger partial charge in [-0.25, -0.2) is 0 Å². The Hall–Kier alpha value is -1.39. The Kier molecular flexibility index (Phi) is 4.33. The summed E-state index contributed by atoms with van der Waals surface area (Å²) in [7, 11) is 0. The van der Waals surface area contributed by atoms with Crippen LogP contribution in [0.15, 0.2) is 45.9 Å². The fourth-order valence-corrected chi connectivity index (χ4v) is 2.46. The molecule has 2 aromatic rings. The first kappa shape index (κ1) is 13.1. The molecule has 1 heterocycles.